The minimum atomic E-state index is 0.397. The molecule has 0 saturated carbocycles. The molecule has 1 aromatic rings. The Bertz CT molecular complexity index is 326. The average Bonchev–Trinajstić information content (AvgIpc) is 2.15. The number of hydrogen-bond donors (Lipinski definition) is 0. The first-order valence-electron chi connectivity index (χ1n) is 4.39. The van der Waals surface area contributed by atoms with Crippen LogP contribution in [0.25, 0.3) is 0 Å². The summed E-state index contributed by atoms with van der Waals surface area (Å²) in [4.78, 5) is 10.2. The van der Waals surface area contributed by atoms with Gasteiger partial charge in [-0.15, -0.1) is 4.91 Å². The van der Waals surface area contributed by atoms with Crippen LogP contribution in [0.2, 0.25) is 0 Å². The Kier molecular flexibility index (Phi) is 4.07. The van der Waals surface area contributed by atoms with Gasteiger partial charge in [-0.25, -0.2) is 0 Å². The standard InChI is InChI=1S/C10H12BrNO2/c1-7(2)6-14-10-4-3-8(12-13)5-9(10)11/h3-5,7H,6H2,1-2H3. The first kappa shape index (κ1) is 11.2. The average molecular weight is 258 g/mol. The molecular formula is C10H12BrNO2. The van der Waals surface area contributed by atoms with Gasteiger partial charge in [-0.3, -0.25) is 0 Å². The van der Waals surface area contributed by atoms with E-state index in [4.69, 9.17) is 4.74 Å². The molecule has 14 heavy (non-hydrogen) atoms. The van der Waals surface area contributed by atoms with Crippen LogP contribution in [0, 0.1) is 10.8 Å². The molecule has 3 nitrogen and oxygen atoms in total. The van der Waals surface area contributed by atoms with Gasteiger partial charge in [-0.1, -0.05) is 13.8 Å². The molecule has 1 rings (SSSR count). The smallest absolute Gasteiger partial charge is 0.133 e. The second-order valence-electron chi connectivity index (χ2n) is 3.41. The lowest BCUT2D eigenvalue weighted by molar-refractivity contribution is 0.269. The van der Waals surface area contributed by atoms with Gasteiger partial charge in [0.25, 0.3) is 0 Å². The van der Waals surface area contributed by atoms with Crippen molar-refractivity contribution >= 4 is 21.6 Å². The fourth-order valence-corrected chi connectivity index (χ4v) is 1.40. The van der Waals surface area contributed by atoms with E-state index in [1.807, 2.05) is 0 Å². The summed E-state index contributed by atoms with van der Waals surface area (Å²) in [5.74, 6) is 1.22. The van der Waals surface area contributed by atoms with Crippen LogP contribution in [0.3, 0.4) is 0 Å². The topological polar surface area (TPSA) is 38.7 Å². The Morgan fingerprint density at radius 2 is 2.21 bits per heavy atom. The summed E-state index contributed by atoms with van der Waals surface area (Å²) in [5.41, 5.74) is 0.397. The van der Waals surface area contributed by atoms with Gasteiger partial charge in [0.2, 0.25) is 0 Å². The Morgan fingerprint density at radius 3 is 2.71 bits per heavy atom. The van der Waals surface area contributed by atoms with Crippen molar-refractivity contribution in [3.05, 3.63) is 27.6 Å². The number of nitrogens with zero attached hydrogens (tertiary/aromatic N) is 1. The minimum Gasteiger partial charge on any atom is -0.492 e. The number of ether oxygens (including phenoxy) is 1. The van der Waals surface area contributed by atoms with Gasteiger partial charge in [0, 0.05) is 0 Å². The number of benzene rings is 1. The Balaban J connectivity index is 2.73. The lowest BCUT2D eigenvalue weighted by Gasteiger charge is -2.09. The maximum Gasteiger partial charge on any atom is 0.133 e. The number of rotatable bonds is 4. The Labute approximate surface area is 91.6 Å². The van der Waals surface area contributed by atoms with Crippen molar-refractivity contribution < 1.29 is 4.74 Å². The maximum absolute atomic E-state index is 10.2. The number of halogens is 1. The molecule has 1 aromatic carbocycles. The van der Waals surface area contributed by atoms with Gasteiger partial charge in [0.1, 0.15) is 11.4 Å². The highest BCUT2D eigenvalue weighted by Gasteiger charge is 2.03. The molecule has 0 aliphatic heterocycles. The highest BCUT2D eigenvalue weighted by Crippen LogP contribution is 2.29. The quantitative estimate of drug-likeness (QED) is 0.768. The Hall–Kier alpha value is -0.900. The predicted molar refractivity (Wildman–Crippen MR) is 59.9 cm³/mol. The highest BCUT2D eigenvalue weighted by molar-refractivity contribution is 9.10. The van der Waals surface area contributed by atoms with Gasteiger partial charge >= 0.3 is 0 Å². The molecule has 0 atom stereocenters. The molecule has 0 spiro atoms. The van der Waals surface area contributed by atoms with Crippen LogP contribution < -0.4 is 4.74 Å². The van der Waals surface area contributed by atoms with Crippen LogP contribution in [-0.2, 0) is 0 Å². The van der Waals surface area contributed by atoms with Gasteiger partial charge in [-0.05, 0) is 45.2 Å². The number of hydrogen-bond acceptors (Lipinski definition) is 3. The van der Waals surface area contributed by atoms with Crippen LogP contribution in [-0.4, -0.2) is 6.61 Å². The first-order valence-corrected chi connectivity index (χ1v) is 5.18. The zero-order chi connectivity index (χ0) is 10.6. The molecule has 0 aromatic heterocycles. The second kappa shape index (κ2) is 5.10. The van der Waals surface area contributed by atoms with E-state index in [1.54, 1.807) is 18.2 Å². The maximum atomic E-state index is 10.2. The van der Waals surface area contributed by atoms with Crippen molar-refractivity contribution in [3.8, 4) is 5.75 Å². The molecule has 0 aliphatic carbocycles. The molecule has 4 heteroatoms. The second-order valence-corrected chi connectivity index (χ2v) is 4.27. The lowest BCUT2D eigenvalue weighted by Crippen LogP contribution is -2.04. The van der Waals surface area contributed by atoms with Crippen LogP contribution >= 0.6 is 15.9 Å². The molecule has 0 N–H and O–H groups in total. The van der Waals surface area contributed by atoms with E-state index in [2.05, 4.69) is 35.0 Å². The van der Waals surface area contributed by atoms with Crippen molar-refractivity contribution in [3.63, 3.8) is 0 Å². The fourth-order valence-electron chi connectivity index (χ4n) is 0.920. The zero-order valence-electron chi connectivity index (χ0n) is 8.16. The molecule has 0 saturated heterocycles. The van der Waals surface area contributed by atoms with Gasteiger partial charge < -0.3 is 4.74 Å². The molecule has 76 valence electrons. The van der Waals surface area contributed by atoms with E-state index in [0.29, 0.717) is 18.2 Å². The summed E-state index contributed by atoms with van der Waals surface area (Å²) < 4.78 is 6.27. The van der Waals surface area contributed by atoms with Gasteiger partial charge in [-0.2, -0.15) is 0 Å². The summed E-state index contributed by atoms with van der Waals surface area (Å²) in [6.45, 7) is 4.82. The minimum absolute atomic E-state index is 0.397. The third-order valence-electron chi connectivity index (χ3n) is 1.59. The van der Waals surface area contributed by atoms with Crippen LogP contribution in [0.4, 0.5) is 5.69 Å². The Morgan fingerprint density at radius 1 is 1.50 bits per heavy atom. The van der Waals surface area contributed by atoms with Crippen LogP contribution in [0.15, 0.2) is 27.8 Å². The molecule has 0 radical (unpaired) electrons. The van der Waals surface area contributed by atoms with E-state index in [1.165, 1.54) is 0 Å². The summed E-state index contributed by atoms with van der Waals surface area (Å²) >= 11 is 3.31. The van der Waals surface area contributed by atoms with Gasteiger partial charge in [0.05, 0.1) is 11.1 Å². The van der Waals surface area contributed by atoms with Crippen LogP contribution in [0.1, 0.15) is 13.8 Å². The lowest BCUT2D eigenvalue weighted by atomic mass is 10.2. The van der Waals surface area contributed by atoms with Crippen molar-refractivity contribution in [2.24, 2.45) is 11.1 Å². The number of nitroso groups, excluding NO2 is 1. The first-order chi connectivity index (χ1) is 6.63. The monoisotopic (exact) mass is 257 g/mol. The summed E-state index contributed by atoms with van der Waals surface area (Å²) in [7, 11) is 0. The summed E-state index contributed by atoms with van der Waals surface area (Å²) in [6.07, 6.45) is 0. The summed E-state index contributed by atoms with van der Waals surface area (Å²) in [6, 6.07) is 5.01. The third kappa shape index (κ3) is 3.10. The molecule has 0 fully saturated rings. The van der Waals surface area contributed by atoms with E-state index in [-0.39, 0.29) is 0 Å². The van der Waals surface area contributed by atoms with Gasteiger partial charge in [0.15, 0.2) is 0 Å². The molecule has 0 amide bonds. The molecular weight excluding hydrogens is 246 g/mol. The van der Waals surface area contributed by atoms with Crippen molar-refractivity contribution in [1.29, 1.82) is 0 Å². The van der Waals surface area contributed by atoms with E-state index < -0.39 is 0 Å². The summed E-state index contributed by atoms with van der Waals surface area (Å²) in [5, 5.41) is 2.83. The normalized spacial score (nSPS) is 10.3. The largest absolute Gasteiger partial charge is 0.492 e. The third-order valence-corrected chi connectivity index (χ3v) is 2.21. The van der Waals surface area contributed by atoms with Crippen molar-refractivity contribution in [1.82, 2.24) is 0 Å². The highest BCUT2D eigenvalue weighted by atomic mass is 79.9. The predicted octanol–water partition coefficient (Wildman–Crippen LogP) is 3.88. The SMILES string of the molecule is CC(C)COc1ccc(N=O)cc1Br. The van der Waals surface area contributed by atoms with E-state index in [9.17, 15) is 4.91 Å². The van der Waals surface area contributed by atoms with E-state index in [0.717, 1.165) is 10.2 Å². The van der Waals surface area contributed by atoms with Crippen LogP contribution in [0.5, 0.6) is 5.75 Å². The van der Waals surface area contributed by atoms with Crippen molar-refractivity contribution in [2.75, 3.05) is 6.61 Å². The zero-order valence-corrected chi connectivity index (χ0v) is 9.74. The van der Waals surface area contributed by atoms with Crippen molar-refractivity contribution in [2.45, 2.75) is 13.8 Å². The molecule has 0 aliphatic rings. The molecule has 0 unspecified atom stereocenters. The molecule has 0 heterocycles. The fraction of sp³-hybridized carbons (Fsp3) is 0.400. The molecule has 0 bridgehead atoms. The van der Waals surface area contributed by atoms with E-state index >= 15 is 0 Å².